The van der Waals surface area contributed by atoms with E-state index < -0.39 is 76.1 Å². The summed E-state index contributed by atoms with van der Waals surface area (Å²) >= 11 is 0. The van der Waals surface area contributed by atoms with Crippen LogP contribution in [0.4, 0.5) is 0 Å². The number of benzene rings is 2. The Bertz CT molecular complexity index is 1480. The van der Waals surface area contributed by atoms with Crippen molar-refractivity contribution in [1.82, 2.24) is 26.2 Å². The summed E-state index contributed by atoms with van der Waals surface area (Å²) in [6, 6.07) is 10.6. The second-order valence-electron chi connectivity index (χ2n) is 11.1. The molecule has 5 N–H and O–H groups in total. The molecule has 0 aliphatic carbocycles. The third-order valence-electron chi connectivity index (χ3n) is 7.06. The number of aliphatic hydroxyl groups excluding tert-OH is 1. The number of aliphatic hydroxyl groups is 1. The van der Waals surface area contributed by atoms with Gasteiger partial charge in [-0.3, -0.25) is 24.0 Å². The minimum Gasteiger partial charge on any atom is -0.391 e. The number of amides is 5. The van der Waals surface area contributed by atoms with Crippen LogP contribution >= 0.6 is 0 Å². The van der Waals surface area contributed by atoms with Crippen molar-refractivity contribution in [3.63, 3.8) is 0 Å². The molecule has 2 aromatic carbocycles. The molecule has 0 spiro atoms. The summed E-state index contributed by atoms with van der Waals surface area (Å²) < 4.78 is 24.1. The summed E-state index contributed by atoms with van der Waals surface area (Å²) in [5, 5.41) is 20.7. The van der Waals surface area contributed by atoms with Crippen molar-refractivity contribution in [1.29, 1.82) is 0 Å². The fourth-order valence-electron chi connectivity index (χ4n) is 4.63. The highest BCUT2D eigenvalue weighted by Crippen LogP contribution is 2.14. The predicted octanol–water partition coefficient (Wildman–Crippen LogP) is -0.604. The van der Waals surface area contributed by atoms with E-state index in [1.54, 1.807) is 44.2 Å². The molecule has 1 saturated heterocycles. The van der Waals surface area contributed by atoms with Crippen molar-refractivity contribution < 1.29 is 37.5 Å². The number of hydrogen-bond acceptors (Lipinski definition) is 8. The molecule has 5 amide bonds. The Morgan fingerprint density at radius 2 is 1.59 bits per heavy atom. The maximum Gasteiger partial charge on any atom is 0.254 e. The van der Waals surface area contributed by atoms with Crippen molar-refractivity contribution in [3.05, 3.63) is 65.7 Å². The Balaban J connectivity index is 1.96. The summed E-state index contributed by atoms with van der Waals surface area (Å²) in [6.45, 7) is 3.87. The monoisotopic (exact) mass is 629 g/mol. The van der Waals surface area contributed by atoms with E-state index in [1.807, 2.05) is 0 Å². The lowest BCUT2D eigenvalue weighted by atomic mass is 10.0. The third kappa shape index (κ3) is 9.35. The first-order chi connectivity index (χ1) is 20.7. The third-order valence-corrected chi connectivity index (χ3v) is 8.17. The lowest BCUT2D eigenvalue weighted by molar-refractivity contribution is -0.135. The predicted molar refractivity (Wildman–Crippen MR) is 161 cm³/mol. The Kier molecular flexibility index (Phi) is 11.6. The summed E-state index contributed by atoms with van der Waals surface area (Å²) in [7, 11) is -3.63. The smallest absolute Gasteiger partial charge is 0.254 e. The van der Waals surface area contributed by atoms with Gasteiger partial charge in [0.15, 0.2) is 9.84 Å². The molecule has 44 heavy (non-hydrogen) atoms. The van der Waals surface area contributed by atoms with Crippen LogP contribution in [0.25, 0.3) is 0 Å². The molecule has 238 valence electrons. The van der Waals surface area contributed by atoms with Gasteiger partial charge >= 0.3 is 0 Å². The SMILES string of the molecule is CC(C)[C@H]1NC(=O)CN(C(=O)c2cccc(S(C)(=O)=O)c2)CCNC(=O)[C@H]([C@@H](C)O)NC(=O)[C@H](Cc2ccccc2)NC1=O. The highest BCUT2D eigenvalue weighted by molar-refractivity contribution is 7.90. The van der Waals surface area contributed by atoms with Gasteiger partial charge in [-0.1, -0.05) is 50.2 Å². The van der Waals surface area contributed by atoms with Crippen LogP contribution in [0.1, 0.15) is 36.7 Å². The Hall–Kier alpha value is -4.30. The molecule has 1 fully saturated rings. The van der Waals surface area contributed by atoms with Gasteiger partial charge in [-0.15, -0.1) is 0 Å². The van der Waals surface area contributed by atoms with Crippen molar-refractivity contribution in [3.8, 4) is 0 Å². The van der Waals surface area contributed by atoms with E-state index in [2.05, 4.69) is 21.3 Å². The van der Waals surface area contributed by atoms with Gasteiger partial charge in [-0.25, -0.2) is 8.42 Å². The van der Waals surface area contributed by atoms with E-state index in [-0.39, 0.29) is 30.0 Å². The summed E-state index contributed by atoms with van der Waals surface area (Å²) in [4.78, 5) is 67.6. The quantitative estimate of drug-likeness (QED) is 0.280. The maximum atomic E-state index is 13.5. The van der Waals surface area contributed by atoms with E-state index in [0.29, 0.717) is 0 Å². The van der Waals surface area contributed by atoms with Gasteiger partial charge in [0.05, 0.1) is 17.5 Å². The maximum absolute atomic E-state index is 13.5. The lowest BCUT2D eigenvalue weighted by Crippen LogP contribution is -2.60. The molecule has 3 rings (SSSR count). The molecule has 0 unspecified atom stereocenters. The van der Waals surface area contributed by atoms with Crippen LogP contribution in [0.5, 0.6) is 0 Å². The number of rotatable bonds is 6. The van der Waals surface area contributed by atoms with Gasteiger partial charge in [-0.2, -0.15) is 0 Å². The van der Waals surface area contributed by atoms with Crippen LogP contribution in [0, 0.1) is 5.92 Å². The standard InChI is InChI=1S/C30H39N5O8S/c1-18(2)25-29(40)32-23(15-20-9-6-5-7-10-20)27(38)34-26(19(3)36)28(39)31-13-14-35(17-24(37)33-25)30(41)21-11-8-12-22(16-21)44(4,42)43/h5-12,16,18-19,23,25-26,36H,13-15,17H2,1-4H3,(H,31,39)(H,32,40)(H,33,37)(H,34,38)/t19-,23+,25-,26+/m1/s1. The summed E-state index contributed by atoms with van der Waals surface area (Å²) in [5.74, 6) is -3.90. The minimum atomic E-state index is -3.63. The molecule has 0 aromatic heterocycles. The molecular weight excluding hydrogens is 590 g/mol. The molecule has 14 heteroatoms. The lowest BCUT2D eigenvalue weighted by Gasteiger charge is -2.27. The van der Waals surface area contributed by atoms with Gasteiger partial charge in [-0.05, 0) is 36.6 Å². The normalized spacial score (nSPS) is 21.7. The second-order valence-corrected chi connectivity index (χ2v) is 13.1. The second kappa shape index (κ2) is 14.9. The Morgan fingerprint density at radius 1 is 0.909 bits per heavy atom. The zero-order valence-corrected chi connectivity index (χ0v) is 25.9. The first-order valence-electron chi connectivity index (χ1n) is 14.2. The van der Waals surface area contributed by atoms with E-state index in [4.69, 9.17) is 0 Å². The van der Waals surface area contributed by atoms with Crippen LogP contribution in [0.2, 0.25) is 0 Å². The number of carbonyl (C=O) groups excluding carboxylic acids is 5. The van der Waals surface area contributed by atoms with Gasteiger partial charge < -0.3 is 31.3 Å². The van der Waals surface area contributed by atoms with Crippen molar-refractivity contribution in [2.45, 2.75) is 56.3 Å². The van der Waals surface area contributed by atoms with Crippen LogP contribution < -0.4 is 21.3 Å². The van der Waals surface area contributed by atoms with E-state index in [9.17, 15) is 37.5 Å². The minimum absolute atomic E-state index is 0.000921. The largest absolute Gasteiger partial charge is 0.391 e. The number of carbonyl (C=O) groups is 5. The number of nitrogens with one attached hydrogen (secondary N) is 4. The highest BCUT2D eigenvalue weighted by Gasteiger charge is 2.33. The highest BCUT2D eigenvalue weighted by atomic mass is 32.2. The van der Waals surface area contributed by atoms with Gasteiger partial charge in [0.2, 0.25) is 23.6 Å². The fourth-order valence-corrected chi connectivity index (χ4v) is 5.29. The molecule has 1 aliphatic heterocycles. The molecule has 1 heterocycles. The molecule has 0 bridgehead atoms. The van der Waals surface area contributed by atoms with E-state index >= 15 is 0 Å². The van der Waals surface area contributed by atoms with Crippen LogP contribution in [0.15, 0.2) is 59.5 Å². The number of sulfone groups is 1. The summed E-state index contributed by atoms with van der Waals surface area (Å²) in [6.07, 6.45) is -0.242. The van der Waals surface area contributed by atoms with Crippen molar-refractivity contribution in [2.24, 2.45) is 5.92 Å². The Morgan fingerprint density at radius 3 is 2.20 bits per heavy atom. The molecule has 0 saturated carbocycles. The number of nitrogens with zero attached hydrogens (tertiary/aromatic N) is 1. The van der Waals surface area contributed by atoms with Crippen molar-refractivity contribution in [2.75, 3.05) is 25.9 Å². The Labute approximate surface area is 256 Å². The summed E-state index contributed by atoms with van der Waals surface area (Å²) in [5.41, 5.74) is 0.726. The van der Waals surface area contributed by atoms with Gasteiger partial charge in [0, 0.05) is 31.3 Å². The molecular formula is C30H39N5O8S. The molecule has 13 nitrogen and oxygen atoms in total. The average Bonchev–Trinajstić information content (AvgIpc) is 2.96. The zero-order valence-electron chi connectivity index (χ0n) is 25.1. The zero-order chi connectivity index (χ0) is 32.6. The van der Waals surface area contributed by atoms with Crippen LogP contribution in [-0.4, -0.2) is 98.1 Å². The topological polar surface area (TPSA) is 191 Å². The first-order valence-corrected chi connectivity index (χ1v) is 16.1. The number of hydrogen-bond donors (Lipinski definition) is 5. The fraction of sp³-hybridized carbons (Fsp3) is 0.433. The van der Waals surface area contributed by atoms with E-state index in [0.717, 1.165) is 16.7 Å². The molecule has 2 aromatic rings. The van der Waals surface area contributed by atoms with Crippen molar-refractivity contribution >= 4 is 39.4 Å². The van der Waals surface area contributed by atoms with Crippen LogP contribution in [-0.2, 0) is 35.4 Å². The molecule has 4 atom stereocenters. The average molecular weight is 630 g/mol. The van der Waals surface area contributed by atoms with Gasteiger partial charge in [0.1, 0.15) is 18.1 Å². The van der Waals surface area contributed by atoms with E-state index in [1.165, 1.54) is 31.2 Å². The van der Waals surface area contributed by atoms with Gasteiger partial charge in [0.25, 0.3) is 5.91 Å². The first kappa shape index (κ1) is 34.2. The molecule has 0 radical (unpaired) electrons. The van der Waals surface area contributed by atoms with Crippen LogP contribution in [0.3, 0.4) is 0 Å². The molecule has 1 aliphatic rings.